The maximum absolute atomic E-state index is 5.73. The molecule has 0 bridgehead atoms. The Morgan fingerprint density at radius 3 is 2.56 bits per heavy atom. The first-order valence-corrected chi connectivity index (χ1v) is 7.03. The number of aryl methyl sites for hydroxylation is 2. The summed E-state index contributed by atoms with van der Waals surface area (Å²) in [6, 6.07) is 7.35. The standard InChI is InChI=1S/C16H25NO/c1-12-7-13(2)9-14(8-12)10-15(17-3)11-16-5-4-6-18-16/h7-9,15-17H,4-6,10-11H2,1-3H3. The summed E-state index contributed by atoms with van der Waals surface area (Å²) in [5.74, 6) is 0. The molecule has 0 aliphatic carbocycles. The van der Waals surface area contributed by atoms with Gasteiger partial charge in [-0.2, -0.15) is 0 Å². The Morgan fingerprint density at radius 2 is 2.00 bits per heavy atom. The van der Waals surface area contributed by atoms with Gasteiger partial charge in [-0.3, -0.25) is 0 Å². The normalized spacial score (nSPS) is 21.2. The van der Waals surface area contributed by atoms with Crippen LogP contribution in [0.2, 0.25) is 0 Å². The lowest BCUT2D eigenvalue weighted by molar-refractivity contribution is 0.0954. The molecule has 2 nitrogen and oxygen atoms in total. The second kappa shape index (κ2) is 6.35. The maximum Gasteiger partial charge on any atom is 0.0590 e. The molecule has 1 heterocycles. The average Bonchev–Trinajstić information content (AvgIpc) is 2.79. The summed E-state index contributed by atoms with van der Waals surface area (Å²) >= 11 is 0. The van der Waals surface area contributed by atoms with Gasteiger partial charge in [0.25, 0.3) is 0 Å². The molecule has 1 aromatic carbocycles. The molecule has 1 saturated heterocycles. The van der Waals surface area contributed by atoms with Crippen molar-refractivity contribution in [1.82, 2.24) is 5.32 Å². The van der Waals surface area contributed by atoms with Gasteiger partial charge in [0, 0.05) is 12.6 Å². The first-order chi connectivity index (χ1) is 8.67. The van der Waals surface area contributed by atoms with Gasteiger partial charge < -0.3 is 10.1 Å². The van der Waals surface area contributed by atoms with Crippen molar-refractivity contribution in [2.75, 3.05) is 13.7 Å². The van der Waals surface area contributed by atoms with E-state index < -0.39 is 0 Å². The fourth-order valence-electron chi connectivity index (χ4n) is 2.92. The van der Waals surface area contributed by atoms with E-state index in [2.05, 4.69) is 44.4 Å². The van der Waals surface area contributed by atoms with E-state index in [1.807, 2.05) is 0 Å². The lowest BCUT2D eigenvalue weighted by Crippen LogP contribution is -2.31. The van der Waals surface area contributed by atoms with Crippen LogP contribution in [0.5, 0.6) is 0 Å². The fourth-order valence-corrected chi connectivity index (χ4v) is 2.92. The molecular weight excluding hydrogens is 222 g/mol. The smallest absolute Gasteiger partial charge is 0.0590 e. The second-order valence-electron chi connectivity index (χ2n) is 5.56. The number of hydrogen-bond acceptors (Lipinski definition) is 2. The maximum atomic E-state index is 5.73. The van der Waals surface area contributed by atoms with Crippen LogP contribution in [-0.4, -0.2) is 25.8 Å². The van der Waals surface area contributed by atoms with Crippen molar-refractivity contribution in [2.45, 2.75) is 51.7 Å². The SMILES string of the molecule is CNC(Cc1cc(C)cc(C)c1)CC1CCCO1. The molecule has 0 aromatic heterocycles. The summed E-state index contributed by atoms with van der Waals surface area (Å²) in [5.41, 5.74) is 4.15. The zero-order valence-electron chi connectivity index (χ0n) is 11.8. The van der Waals surface area contributed by atoms with Gasteiger partial charge in [-0.15, -0.1) is 0 Å². The van der Waals surface area contributed by atoms with E-state index in [1.54, 1.807) is 0 Å². The van der Waals surface area contributed by atoms with Crippen molar-refractivity contribution < 1.29 is 4.74 Å². The highest BCUT2D eigenvalue weighted by Crippen LogP contribution is 2.19. The van der Waals surface area contributed by atoms with Crippen molar-refractivity contribution in [3.63, 3.8) is 0 Å². The molecule has 18 heavy (non-hydrogen) atoms. The molecule has 2 heteroatoms. The van der Waals surface area contributed by atoms with E-state index in [-0.39, 0.29) is 0 Å². The minimum Gasteiger partial charge on any atom is -0.378 e. The van der Waals surface area contributed by atoms with Crippen LogP contribution in [0.3, 0.4) is 0 Å². The van der Waals surface area contributed by atoms with Crippen molar-refractivity contribution >= 4 is 0 Å². The predicted octanol–water partition coefficient (Wildman–Crippen LogP) is 3.00. The lowest BCUT2D eigenvalue weighted by Gasteiger charge is -2.20. The van der Waals surface area contributed by atoms with Crippen molar-refractivity contribution in [1.29, 1.82) is 0 Å². The van der Waals surface area contributed by atoms with Crippen LogP contribution in [0.4, 0.5) is 0 Å². The zero-order valence-corrected chi connectivity index (χ0v) is 11.8. The van der Waals surface area contributed by atoms with Gasteiger partial charge >= 0.3 is 0 Å². The van der Waals surface area contributed by atoms with E-state index in [9.17, 15) is 0 Å². The number of ether oxygens (including phenoxy) is 1. The van der Waals surface area contributed by atoms with E-state index in [0.29, 0.717) is 12.1 Å². The van der Waals surface area contributed by atoms with Crippen LogP contribution < -0.4 is 5.32 Å². The predicted molar refractivity (Wildman–Crippen MR) is 76.1 cm³/mol. The number of hydrogen-bond donors (Lipinski definition) is 1. The monoisotopic (exact) mass is 247 g/mol. The molecule has 1 fully saturated rings. The van der Waals surface area contributed by atoms with Crippen molar-refractivity contribution in [3.05, 3.63) is 34.9 Å². The summed E-state index contributed by atoms with van der Waals surface area (Å²) in [6.07, 6.45) is 5.14. The lowest BCUT2D eigenvalue weighted by atomic mass is 9.97. The van der Waals surface area contributed by atoms with Crippen LogP contribution >= 0.6 is 0 Å². The van der Waals surface area contributed by atoms with Crippen LogP contribution in [-0.2, 0) is 11.2 Å². The van der Waals surface area contributed by atoms with E-state index in [0.717, 1.165) is 19.4 Å². The highest BCUT2D eigenvalue weighted by molar-refractivity contribution is 5.29. The van der Waals surface area contributed by atoms with E-state index >= 15 is 0 Å². The van der Waals surface area contributed by atoms with Gasteiger partial charge in [-0.1, -0.05) is 29.3 Å². The third kappa shape index (κ3) is 3.82. The first kappa shape index (κ1) is 13.6. The van der Waals surface area contributed by atoms with Crippen LogP contribution in [0, 0.1) is 13.8 Å². The minimum atomic E-state index is 0.466. The fraction of sp³-hybridized carbons (Fsp3) is 0.625. The Kier molecular flexibility index (Phi) is 4.79. The van der Waals surface area contributed by atoms with Gasteiger partial charge in [0.2, 0.25) is 0 Å². The molecule has 1 aliphatic heterocycles. The summed E-state index contributed by atoms with van der Waals surface area (Å²) in [7, 11) is 2.06. The number of nitrogens with one attached hydrogen (secondary N) is 1. The Labute approximate surface area is 111 Å². The molecule has 2 rings (SSSR count). The van der Waals surface area contributed by atoms with Crippen LogP contribution in [0.15, 0.2) is 18.2 Å². The molecule has 0 spiro atoms. The Balaban J connectivity index is 1.95. The average molecular weight is 247 g/mol. The topological polar surface area (TPSA) is 21.3 Å². The van der Waals surface area contributed by atoms with Gasteiger partial charge in [0.15, 0.2) is 0 Å². The number of rotatable bonds is 5. The van der Waals surface area contributed by atoms with Gasteiger partial charge in [-0.05, 0) is 52.1 Å². The Bertz CT molecular complexity index is 362. The first-order valence-electron chi connectivity index (χ1n) is 7.03. The largest absolute Gasteiger partial charge is 0.378 e. The molecule has 0 saturated carbocycles. The Hall–Kier alpha value is -0.860. The molecule has 0 radical (unpaired) electrons. The van der Waals surface area contributed by atoms with E-state index in [1.165, 1.54) is 29.5 Å². The summed E-state index contributed by atoms with van der Waals surface area (Å²) in [6.45, 7) is 5.29. The van der Waals surface area contributed by atoms with Gasteiger partial charge in [0.1, 0.15) is 0 Å². The third-order valence-electron chi connectivity index (χ3n) is 3.74. The summed E-state index contributed by atoms with van der Waals surface area (Å²) in [4.78, 5) is 0. The second-order valence-corrected chi connectivity index (χ2v) is 5.56. The van der Waals surface area contributed by atoms with Gasteiger partial charge in [-0.25, -0.2) is 0 Å². The highest BCUT2D eigenvalue weighted by atomic mass is 16.5. The quantitative estimate of drug-likeness (QED) is 0.863. The number of benzene rings is 1. The zero-order chi connectivity index (χ0) is 13.0. The summed E-state index contributed by atoms with van der Waals surface area (Å²) in [5, 5.41) is 3.44. The molecule has 2 atom stereocenters. The Morgan fingerprint density at radius 1 is 1.28 bits per heavy atom. The molecule has 1 aliphatic rings. The van der Waals surface area contributed by atoms with Gasteiger partial charge in [0.05, 0.1) is 6.10 Å². The molecule has 100 valence electrons. The molecule has 0 amide bonds. The third-order valence-corrected chi connectivity index (χ3v) is 3.74. The molecular formula is C16H25NO. The number of likely N-dealkylation sites (N-methyl/N-ethyl adjacent to an activating group) is 1. The van der Waals surface area contributed by atoms with Crippen LogP contribution in [0.25, 0.3) is 0 Å². The molecule has 1 N–H and O–H groups in total. The minimum absolute atomic E-state index is 0.466. The molecule has 1 aromatic rings. The molecule has 2 unspecified atom stereocenters. The summed E-state index contributed by atoms with van der Waals surface area (Å²) < 4.78 is 5.73. The van der Waals surface area contributed by atoms with Crippen LogP contribution in [0.1, 0.15) is 36.0 Å². The van der Waals surface area contributed by atoms with Crippen molar-refractivity contribution in [2.24, 2.45) is 0 Å². The van der Waals surface area contributed by atoms with E-state index in [4.69, 9.17) is 4.74 Å². The highest BCUT2D eigenvalue weighted by Gasteiger charge is 2.20. The van der Waals surface area contributed by atoms with Crippen molar-refractivity contribution in [3.8, 4) is 0 Å².